The minimum Gasteiger partial charge on any atom is -0.490 e. The number of hydrogen-bond donors (Lipinski definition) is 2. The number of halogens is 3. The lowest BCUT2D eigenvalue weighted by Crippen LogP contribution is -2.05. The highest BCUT2D eigenvalue weighted by molar-refractivity contribution is 9.10. The number of benzene rings is 3. The van der Waals surface area contributed by atoms with Crippen LogP contribution in [0.5, 0.6) is 11.5 Å². The maximum Gasteiger partial charge on any atom is 0.337 e. The van der Waals surface area contributed by atoms with Gasteiger partial charge in [-0.25, -0.2) is 9.18 Å². The molecule has 0 saturated carbocycles. The first-order valence-electron chi connectivity index (χ1n) is 9.46. The van der Waals surface area contributed by atoms with E-state index in [1.165, 1.54) is 18.2 Å². The molecule has 0 saturated heterocycles. The number of carboxylic acid groups (broad SMARTS) is 1. The number of hydrogen-bond acceptors (Lipinski definition) is 4. The minimum absolute atomic E-state index is 0.0327. The molecule has 0 aliphatic heterocycles. The quantitative estimate of drug-likeness (QED) is 0.344. The molecule has 3 aromatic carbocycles. The van der Waals surface area contributed by atoms with Gasteiger partial charge >= 0.3 is 5.97 Å². The molecule has 0 fully saturated rings. The lowest BCUT2D eigenvalue weighted by molar-refractivity contribution is 0.0697. The Morgan fingerprint density at radius 1 is 1.10 bits per heavy atom. The monoisotopic (exact) mass is 507 g/mol. The van der Waals surface area contributed by atoms with E-state index in [1.807, 2.05) is 19.1 Å². The van der Waals surface area contributed by atoms with E-state index in [9.17, 15) is 14.3 Å². The van der Waals surface area contributed by atoms with E-state index < -0.39 is 5.97 Å². The van der Waals surface area contributed by atoms with Gasteiger partial charge in [0.2, 0.25) is 0 Å². The van der Waals surface area contributed by atoms with Crippen LogP contribution in [0.2, 0.25) is 5.02 Å². The summed E-state index contributed by atoms with van der Waals surface area (Å²) in [6.45, 7) is 3.03. The molecule has 5 nitrogen and oxygen atoms in total. The molecular weight excluding hydrogens is 489 g/mol. The van der Waals surface area contributed by atoms with Gasteiger partial charge in [-0.1, -0.05) is 39.7 Å². The molecular formula is C23H20BrClFNO4. The number of aromatic carboxylic acids is 1. The van der Waals surface area contributed by atoms with Gasteiger partial charge < -0.3 is 19.9 Å². The van der Waals surface area contributed by atoms with Gasteiger partial charge in [-0.2, -0.15) is 0 Å². The number of rotatable bonds is 9. The molecule has 0 aliphatic carbocycles. The number of carbonyl (C=O) groups is 1. The average Bonchev–Trinajstić information content (AvgIpc) is 2.74. The van der Waals surface area contributed by atoms with Crippen LogP contribution in [0.15, 0.2) is 59.1 Å². The number of ether oxygens (including phenoxy) is 2. The first-order chi connectivity index (χ1) is 14.9. The van der Waals surface area contributed by atoms with Crippen molar-refractivity contribution in [3.05, 3.63) is 86.6 Å². The van der Waals surface area contributed by atoms with Gasteiger partial charge in [0.05, 0.1) is 17.2 Å². The second-order valence-electron chi connectivity index (χ2n) is 6.59. The molecule has 2 N–H and O–H groups in total. The third-order valence-electron chi connectivity index (χ3n) is 4.40. The summed E-state index contributed by atoms with van der Waals surface area (Å²) in [6, 6.07) is 14.5. The Morgan fingerprint density at radius 3 is 2.48 bits per heavy atom. The van der Waals surface area contributed by atoms with Crippen LogP contribution in [-0.4, -0.2) is 17.7 Å². The first kappa shape index (κ1) is 22.9. The van der Waals surface area contributed by atoms with Crippen LogP contribution >= 0.6 is 27.5 Å². The third kappa shape index (κ3) is 6.12. The second kappa shape index (κ2) is 10.5. The molecule has 0 aliphatic rings. The predicted octanol–water partition coefficient (Wildman–Crippen LogP) is 6.53. The van der Waals surface area contributed by atoms with Crippen molar-refractivity contribution in [2.24, 2.45) is 0 Å². The molecule has 162 valence electrons. The highest BCUT2D eigenvalue weighted by Crippen LogP contribution is 2.35. The molecule has 0 radical (unpaired) electrons. The van der Waals surface area contributed by atoms with Gasteiger partial charge in [0.25, 0.3) is 0 Å². The topological polar surface area (TPSA) is 67.8 Å². The average molecular weight is 509 g/mol. The van der Waals surface area contributed by atoms with Crippen LogP contribution in [0.1, 0.15) is 28.4 Å². The lowest BCUT2D eigenvalue weighted by atomic mass is 10.1. The largest absolute Gasteiger partial charge is 0.490 e. The molecule has 3 aromatic rings. The lowest BCUT2D eigenvalue weighted by Gasteiger charge is -2.16. The SMILES string of the molecule is CCOc1cc(CNc2ccc(Cl)c(C(=O)O)c2)c(Br)cc1OCc1ccc(F)cc1. The van der Waals surface area contributed by atoms with Crippen molar-refractivity contribution in [3.8, 4) is 11.5 Å². The minimum atomic E-state index is -1.09. The van der Waals surface area contributed by atoms with E-state index in [4.69, 9.17) is 21.1 Å². The van der Waals surface area contributed by atoms with Crippen molar-refractivity contribution in [1.82, 2.24) is 0 Å². The Kier molecular flexibility index (Phi) is 7.76. The van der Waals surface area contributed by atoms with Gasteiger partial charge in [-0.15, -0.1) is 0 Å². The standard InChI is InChI=1S/C23H20BrClFNO4/c1-2-30-21-9-15(12-27-17-7-8-20(25)18(10-17)23(28)29)19(24)11-22(21)31-13-14-3-5-16(26)6-4-14/h3-11,27H,2,12-13H2,1H3,(H,28,29). The number of carboxylic acids is 1. The van der Waals surface area contributed by atoms with E-state index in [0.29, 0.717) is 30.3 Å². The second-order valence-corrected chi connectivity index (χ2v) is 7.85. The molecule has 31 heavy (non-hydrogen) atoms. The Bertz CT molecular complexity index is 1080. The van der Waals surface area contributed by atoms with E-state index >= 15 is 0 Å². The summed E-state index contributed by atoms with van der Waals surface area (Å²) in [6.07, 6.45) is 0. The van der Waals surface area contributed by atoms with E-state index in [-0.39, 0.29) is 23.0 Å². The van der Waals surface area contributed by atoms with E-state index in [1.54, 1.807) is 24.3 Å². The Balaban J connectivity index is 1.75. The maximum absolute atomic E-state index is 13.1. The summed E-state index contributed by atoms with van der Waals surface area (Å²) in [5.74, 6) is -0.251. The number of anilines is 1. The molecule has 0 spiro atoms. The molecule has 3 rings (SSSR count). The van der Waals surface area contributed by atoms with Crippen molar-refractivity contribution in [1.29, 1.82) is 0 Å². The maximum atomic E-state index is 13.1. The smallest absolute Gasteiger partial charge is 0.337 e. The van der Waals surface area contributed by atoms with Gasteiger partial charge in [0, 0.05) is 16.7 Å². The summed E-state index contributed by atoms with van der Waals surface area (Å²) < 4.78 is 25.5. The molecule has 0 bridgehead atoms. The molecule has 0 unspecified atom stereocenters. The van der Waals surface area contributed by atoms with E-state index in [2.05, 4.69) is 21.2 Å². The van der Waals surface area contributed by atoms with Crippen LogP contribution in [0, 0.1) is 5.82 Å². The fourth-order valence-electron chi connectivity index (χ4n) is 2.83. The Labute approximate surface area is 192 Å². The van der Waals surface area contributed by atoms with E-state index in [0.717, 1.165) is 15.6 Å². The first-order valence-corrected chi connectivity index (χ1v) is 10.6. The Morgan fingerprint density at radius 2 is 1.81 bits per heavy atom. The molecule has 0 heterocycles. The molecule has 0 amide bonds. The van der Waals surface area contributed by atoms with Crippen LogP contribution in [-0.2, 0) is 13.2 Å². The summed E-state index contributed by atoms with van der Waals surface area (Å²) in [4.78, 5) is 11.3. The van der Waals surface area contributed by atoms with Crippen LogP contribution in [0.4, 0.5) is 10.1 Å². The van der Waals surface area contributed by atoms with Crippen molar-refractivity contribution in [2.45, 2.75) is 20.1 Å². The van der Waals surface area contributed by atoms with Crippen molar-refractivity contribution < 1.29 is 23.8 Å². The summed E-state index contributed by atoms with van der Waals surface area (Å²) in [5.41, 5.74) is 2.39. The third-order valence-corrected chi connectivity index (χ3v) is 5.47. The van der Waals surface area contributed by atoms with Crippen LogP contribution < -0.4 is 14.8 Å². The number of nitrogens with one attached hydrogen (secondary N) is 1. The van der Waals surface area contributed by atoms with Crippen molar-refractivity contribution in [2.75, 3.05) is 11.9 Å². The normalized spacial score (nSPS) is 10.6. The fourth-order valence-corrected chi connectivity index (χ4v) is 3.49. The van der Waals surface area contributed by atoms with Gasteiger partial charge in [0.15, 0.2) is 11.5 Å². The summed E-state index contributed by atoms with van der Waals surface area (Å²) in [7, 11) is 0. The molecule has 0 aromatic heterocycles. The summed E-state index contributed by atoms with van der Waals surface area (Å²) >= 11 is 9.47. The zero-order valence-corrected chi connectivity index (χ0v) is 19.0. The Hall–Kier alpha value is -2.77. The highest BCUT2D eigenvalue weighted by atomic mass is 79.9. The zero-order chi connectivity index (χ0) is 22.4. The zero-order valence-electron chi connectivity index (χ0n) is 16.6. The van der Waals surface area contributed by atoms with Gasteiger partial charge in [0.1, 0.15) is 12.4 Å². The fraction of sp³-hybridized carbons (Fsp3) is 0.174. The van der Waals surface area contributed by atoms with Gasteiger partial charge in [-0.3, -0.25) is 0 Å². The predicted molar refractivity (Wildman–Crippen MR) is 122 cm³/mol. The van der Waals surface area contributed by atoms with Crippen LogP contribution in [0.3, 0.4) is 0 Å². The molecule has 0 atom stereocenters. The van der Waals surface area contributed by atoms with Crippen molar-refractivity contribution >= 4 is 39.2 Å². The highest BCUT2D eigenvalue weighted by Gasteiger charge is 2.13. The molecule has 8 heteroatoms. The van der Waals surface area contributed by atoms with Gasteiger partial charge in [-0.05, 0) is 60.5 Å². The summed E-state index contributed by atoms with van der Waals surface area (Å²) in [5, 5.41) is 12.6. The van der Waals surface area contributed by atoms with Crippen LogP contribution in [0.25, 0.3) is 0 Å². The van der Waals surface area contributed by atoms with Crippen molar-refractivity contribution in [3.63, 3.8) is 0 Å².